The predicted octanol–water partition coefficient (Wildman–Crippen LogP) is 9.16. The van der Waals surface area contributed by atoms with Crippen molar-refractivity contribution in [2.45, 2.75) is 102 Å². The molecule has 0 spiro atoms. The average molecular weight is 441 g/mol. The van der Waals surface area contributed by atoms with E-state index >= 15 is 0 Å². The van der Waals surface area contributed by atoms with Crippen LogP contribution in [-0.4, -0.2) is 8.41 Å². The van der Waals surface area contributed by atoms with Crippen molar-refractivity contribution >= 4 is 8.41 Å². The molecule has 3 radical (unpaired) electrons. The first-order valence-corrected chi connectivity index (χ1v) is 9.73. The van der Waals surface area contributed by atoms with Crippen LogP contribution >= 0.6 is 0 Å². The summed E-state index contributed by atoms with van der Waals surface area (Å²) in [4.78, 5) is 0. The van der Waals surface area contributed by atoms with E-state index in [1.165, 1.54) is 24.8 Å². The number of rotatable bonds is 4. The minimum atomic E-state index is 0. The summed E-state index contributed by atoms with van der Waals surface area (Å²) in [7, 11) is 0. The summed E-state index contributed by atoms with van der Waals surface area (Å²) in [6.45, 7) is 25.4. The molecule has 1 unspecified atom stereocenters. The van der Waals surface area contributed by atoms with E-state index in [4.69, 9.17) is 0 Å². The third-order valence-corrected chi connectivity index (χ3v) is 3.57. The zero-order chi connectivity index (χ0) is 18.6. The molecule has 0 aromatic carbocycles. The first-order chi connectivity index (χ1) is 10.5. The molecule has 1 aliphatic rings. The second-order valence-corrected chi connectivity index (χ2v) is 5.02. The van der Waals surface area contributed by atoms with Crippen LogP contribution in [0.5, 0.6) is 0 Å². The van der Waals surface area contributed by atoms with Gasteiger partial charge in [0.2, 0.25) is 0 Å². The quantitative estimate of drug-likeness (QED) is 0.301. The van der Waals surface area contributed by atoms with E-state index in [2.05, 4.69) is 60.1 Å². The van der Waals surface area contributed by atoms with Crippen molar-refractivity contribution in [1.29, 1.82) is 0 Å². The second kappa shape index (κ2) is 44.7. The van der Waals surface area contributed by atoms with Gasteiger partial charge in [0.05, 0.1) is 0 Å². The maximum Gasteiger partial charge on any atom is 3.00 e. The molecule has 0 N–H and O–H groups in total. The van der Waals surface area contributed by atoms with Gasteiger partial charge in [-0.3, -0.25) is 0 Å². The Balaban J connectivity index is -0.0000000291. The van der Waals surface area contributed by atoms with E-state index in [0.717, 1.165) is 11.8 Å². The van der Waals surface area contributed by atoms with Crippen LogP contribution in [-0.2, 0) is 32.7 Å². The van der Waals surface area contributed by atoms with Crippen molar-refractivity contribution in [2.24, 2.45) is 11.8 Å². The van der Waals surface area contributed by atoms with E-state index in [9.17, 15) is 0 Å². The molecule has 0 bridgehead atoms. The van der Waals surface area contributed by atoms with Gasteiger partial charge >= 0.3 is 32.7 Å². The summed E-state index contributed by atoms with van der Waals surface area (Å²) in [6.07, 6.45) is 10.3. The zero-order valence-corrected chi connectivity index (χ0v) is 24.0. The van der Waals surface area contributed by atoms with Gasteiger partial charge in [-0.25, -0.2) is 18.1 Å². The molecular weight excluding hydrogens is 388 g/mol. The van der Waals surface area contributed by atoms with Gasteiger partial charge in [-0.2, -0.15) is 0 Å². The zero-order valence-electron chi connectivity index (χ0n) is 21.2. The van der Waals surface area contributed by atoms with Crippen LogP contribution in [0.2, 0.25) is 0 Å². The van der Waals surface area contributed by atoms with Gasteiger partial charge in [0, 0.05) is 8.41 Å². The van der Waals surface area contributed by atoms with Crippen molar-refractivity contribution < 1.29 is 32.7 Å². The van der Waals surface area contributed by atoms with Crippen LogP contribution in [0.25, 0.3) is 0 Å². The van der Waals surface area contributed by atoms with Crippen LogP contribution < -0.4 is 0 Å². The molecule has 0 amide bonds. The monoisotopic (exact) mass is 441 g/mol. The largest absolute Gasteiger partial charge is 3.00 e. The van der Waals surface area contributed by atoms with Gasteiger partial charge in [-0.05, 0) is 24.7 Å². The Hall–Kier alpha value is 0.519. The molecule has 26 heavy (non-hydrogen) atoms. The van der Waals surface area contributed by atoms with Gasteiger partial charge in [-0.1, -0.05) is 88.2 Å². The van der Waals surface area contributed by atoms with Gasteiger partial charge in [0.1, 0.15) is 0 Å². The average Bonchev–Trinajstić information content (AvgIpc) is 3.08. The first-order valence-electron chi connectivity index (χ1n) is 9.73. The standard InChI is InChI=1S/C9H13.C7H16.3C2H6.2CH3.B.Y/c1-3-8-5-6-9(4-2)7-8;1-5-7(4)6(2)3;3*1-2;;;;/h3,5-6H,4,7H2,1-2H3;6-7H,5H2,1-4H3;3*1-2H3;2*1H3;;/q-1;;;;;2*-1;;+3. The topological polar surface area (TPSA) is 0 Å². The molecule has 0 saturated carbocycles. The summed E-state index contributed by atoms with van der Waals surface area (Å²) < 4.78 is 0. The van der Waals surface area contributed by atoms with E-state index in [0.29, 0.717) is 0 Å². The maximum atomic E-state index is 2.30. The maximum absolute atomic E-state index is 2.30. The molecule has 155 valence electrons. The molecule has 0 fully saturated rings. The molecule has 1 rings (SSSR count). The van der Waals surface area contributed by atoms with Crippen molar-refractivity contribution in [3.63, 3.8) is 0 Å². The SMILES string of the molecule is CC.CC.CC.CCC(C)C(C)C.C[CH-]C1=CC=C(CC)C1.[B].[CH3-].[CH3-].[Y+3]. The fraction of sp³-hybridized carbons (Fsp3) is 0.708. The summed E-state index contributed by atoms with van der Waals surface area (Å²) in [6, 6.07) is 0. The number of hydrogen-bond acceptors (Lipinski definition) is 0. The molecule has 0 aromatic heterocycles. The minimum Gasteiger partial charge on any atom is -0.358 e. The van der Waals surface area contributed by atoms with Crippen molar-refractivity contribution in [3.05, 3.63) is 44.6 Å². The smallest absolute Gasteiger partial charge is 0.358 e. The van der Waals surface area contributed by atoms with E-state index in [-0.39, 0.29) is 56.0 Å². The van der Waals surface area contributed by atoms with E-state index in [1.807, 2.05) is 41.5 Å². The summed E-state index contributed by atoms with van der Waals surface area (Å²) in [5, 5.41) is 0. The minimum absolute atomic E-state index is 0. The van der Waals surface area contributed by atoms with Crippen LogP contribution in [0.15, 0.2) is 23.3 Å². The predicted molar refractivity (Wildman–Crippen MR) is 128 cm³/mol. The number of hydrogen-bond donors (Lipinski definition) is 0. The van der Waals surface area contributed by atoms with E-state index < -0.39 is 0 Å². The molecule has 0 saturated heterocycles. The fourth-order valence-electron chi connectivity index (χ4n) is 1.52. The van der Waals surface area contributed by atoms with E-state index in [1.54, 1.807) is 5.57 Å². The molecule has 0 nitrogen and oxygen atoms in total. The Morgan fingerprint density at radius 1 is 0.885 bits per heavy atom. The van der Waals surface area contributed by atoms with Crippen LogP contribution in [0, 0.1) is 33.1 Å². The molecule has 2 heteroatoms. The van der Waals surface area contributed by atoms with Gasteiger partial charge < -0.3 is 14.9 Å². The Kier molecular flexibility index (Phi) is 86.6. The molecule has 1 aliphatic carbocycles. The normalized spacial score (nSPS) is 10.7. The Morgan fingerprint density at radius 2 is 1.27 bits per heavy atom. The van der Waals surface area contributed by atoms with Gasteiger partial charge in [-0.15, -0.1) is 13.0 Å². The summed E-state index contributed by atoms with van der Waals surface area (Å²) in [5.74, 6) is 1.77. The first kappa shape index (κ1) is 50.4. The fourth-order valence-corrected chi connectivity index (χ4v) is 1.52. The third kappa shape index (κ3) is 35.6. The Bertz CT molecular complexity index is 225. The molecular formula is C24H53BY. The van der Waals surface area contributed by atoms with Crippen LogP contribution in [0.4, 0.5) is 0 Å². The van der Waals surface area contributed by atoms with Crippen molar-refractivity contribution in [1.82, 2.24) is 0 Å². The van der Waals surface area contributed by atoms with Gasteiger partial charge in [0.25, 0.3) is 0 Å². The summed E-state index contributed by atoms with van der Waals surface area (Å²) >= 11 is 0. The van der Waals surface area contributed by atoms with Gasteiger partial charge in [0.15, 0.2) is 0 Å². The second-order valence-electron chi connectivity index (χ2n) is 5.02. The van der Waals surface area contributed by atoms with Crippen molar-refractivity contribution in [2.75, 3.05) is 0 Å². The Morgan fingerprint density at radius 3 is 1.38 bits per heavy atom. The Labute approximate surface area is 198 Å². The number of allylic oxidation sites excluding steroid dienone is 4. The molecule has 0 aromatic rings. The molecule has 1 atom stereocenters. The molecule has 0 heterocycles. The van der Waals surface area contributed by atoms with Crippen LogP contribution in [0.3, 0.4) is 0 Å². The molecule has 0 aliphatic heterocycles. The third-order valence-electron chi connectivity index (χ3n) is 3.57. The van der Waals surface area contributed by atoms with Crippen LogP contribution in [0.1, 0.15) is 102 Å². The summed E-state index contributed by atoms with van der Waals surface area (Å²) in [5.41, 5.74) is 3.02. The van der Waals surface area contributed by atoms with Crippen molar-refractivity contribution in [3.8, 4) is 0 Å².